The van der Waals surface area contributed by atoms with Crippen LogP contribution >= 0.6 is 0 Å². The van der Waals surface area contributed by atoms with Gasteiger partial charge in [-0.2, -0.15) is 4.98 Å². The van der Waals surface area contributed by atoms with Crippen LogP contribution in [0.15, 0.2) is 22.9 Å². The van der Waals surface area contributed by atoms with Crippen LogP contribution in [-0.2, 0) is 4.79 Å². The highest BCUT2D eigenvalue weighted by Gasteiger charge is 2.23. The molecule has 0 bridgehead atoms. The summed E-state index contributed by atoms with van der Waals surface area (Å²) in [7, 11) is 0. The first-order chi connectivity index (χ1) is 13.2. The van der Waals surface area contributed by atoms with E-state index in [1.165, 1.54) is 25.7 Å². The Bertz CT molecular complexity index is 759. The van der Waals surface area contributed by atoms with E-state index < -0.39 is 0 Å². The summed E-state index contributed by atoms with van der Waals surface area (Å²) in [5.74, 6) is 3.13. The molecule has 1 saturated carbocycles. The second-order valence-electron chi connectivity index (χ2n) is 7.60. The average Bonchev–Trinajstić information content (AvgIpc) is 3.38. The van der Waals surface area contributed by atoms with E-state index in [1.54, 1.807) is 13.1 Å². The van der Waals surface area contributed by atoms with Gasteiger partial charge in [0.1, 0.15) is 5.82 Å². The Balaban J connectivity index is 1.27. The molecule has 1 aliphatic carbocycles. The zero-order chi connectivity index (χ0) is 18.6. The van der Waals surface area contributed by atoms with Crippen molar-refractivity contribution < 1.29 is 9.32 Å². The van der Waals surface area contributed by atoms with Crippen molar-refractivity contribution in [1.29, 1.82) is 0 Å². The maximum absolute atomic E-state index is 12.5. The van der Waals surface area contributed by atoms with E-state index in [0.717, 1.165) is 49.9 Å². The van der Waals surface area contributed by atoms with Gasteiger partial charge in [0.15, 0.2) is 0 Å². The molecular weight excluding hydrogens is 342 g/mol. The molecule has 1 aliphatic heterocycles. The predicted octanol–water partition coefficient (Wildman–Crippen LogP) is 3.06. The van der Waals surface area contributed by atoms with E-state index >= 15 is 0 Å². The van der Waals surface area contributed by atoms with Crippen LogP contribution in [0.25, 0.3) is 11.4 Å². The summed E-state index contributed by atoms with van der Waals surface area (Å²) in [4.78, 5) is 25.5. The number of carbonyl (C=O) groups excluding carboxylic acids is 1. The number of pyridine rings is 1. The highest BCUT2D eigenvalue weighted by molar-refractivity contribution is 5.76. The van der Waals surface area contributed by atoms with Gasteiger partial charge in [-0.15, -0.1) is 0 Å². The molecule has 144 valence electrons. The van der Waals surface area contributed by atoms with Gasteiger partial charge in [0.05, 0.1) is 0 Å². The van der Waals surface area contributed by atoms with Crippen LogP contribution in [0.5, 0.6) is 0 Å². The van der Waals surface area contributed by atoms with Gasteiger partial charge in [-0.05, 0) is 24.5 Å². The van der Waals surface area contributed by atoms with Crippen molar-refractivity contribution in [3.63, 3.8) is 0 Å². The van der Waals surface area contributed by atoms with Gasteiger partial charge in [0.2, 0.25) is 17.6 Å². The quantitative estimate of drug-likeness (QED) is 0.806. The van der Waals surface area contributed by atoms with E-state index in [2.05, 4.69) is 20.0 Å². The fraction of sp³-hybridized carbons (Fsp3) is 0.600. The highest BCUT2D eigenvalue weighted by atomic mass is 16.5. The lowest BCUT2D eigenvalue weighted by atomic mass is 10.0. The Hall–Kier alpha value is -2.44. The molecule has 3 heterocycles. The molecule has 7 heteroatoms. The Morgan fingerprint density at radius 3 is 2.59 bits per heavy atom. The first kappa shape index (κ1) is 17.9. The molecule has 7 nitrogen and oxygen atoms in total. The Morgan fingerprint density at radius 1 is 1.19 bits per heavy atom. The fourth-order valence-electron chi connectivity index (χ4n) is 4.09. The van der Waals surface area contributed by atoms with Crippen molar-refractivity contribution in [2.75, 3.05) is 31.1 Å². The molecule has 0 atom stereocenters. The van der Waals surface area contributed by atoms with Crippen LogP contribution < -0.4 is 4.90 Å². The molecule has 0 radical (unpaired) electrons. The zero-order valence-electron chi connectivity index (χ0n) is 15.9. The maximum Gasteiger partial charge on any atom is 0.223 e. The number of aromatic nitrogens is 3. The van der Waals surface area contributed by atoms with Gasteiger partial charge in [-0.1, -0.05) is 30.8 Å². The molecule has 0 aromatic carbocycles. The first-order valence-corrected chi connectivity index (χ1v) is 9.98. The second kappa shape index (κ2) is 8.06. The molecule has 0 N–H and O–H groups in total. The van der Waals surface area contributed by atoms with Crippen molar-refractivity contribution in [1.82, 2.24) is 20.0 Å². The van der Waals surface area contributed by atoms with E-state index in [0.29, 0.717) is 24.0 Å². The summed E-state index contributed by atoms with van der Waals surface area (Å²) < 4.78 is 5.02. The van der Waals surface area contributed by atoms with Crippen LogP contribution in [0.3, 0.4) is 0 Å². The van der Waals surface area contributed by atoms with Gasteiger partial charge < -0.3 is 14.3 Å². The Labute approximate surface area is 159 Å². The summed E-state index contributed by atoms with van der Waals surface area (Å²) in [6.45, 7) is 4.96. The topological polar surface area (TPSA) is 75.4 Å². The number of amides is 1. The lowest BCUT2D eigenvalue weighted by Gasteiger charge is -2.35. The minimum Gasteiger partial charge on any atom is -0.353 e. The third-order valence-electron chi connectivity index (χ3n) is 5.73. The number of anilines is 1. The number of hydrogen-bond donors (Lipinski definition) is 0. The zero-order valence-corrected chi connectivity index (χ0v) is 15.9. The number of hydrogen-bond acceptors (Lipinski definition) is 6. The first-order valence-electron chi connectivity index (χ1n) is 9.98. The average molecular weight is 369 g/mol. The minimum absolute atomic E-state index is 0.317. The molecule has 2 aromatic heterocycles. The summed E-state index contributed by atoms with van der Waals surface area (Å²) in [5, 5.41) is 3.92. The minimum atomic E-state index is 0.317. The van der Waals surface area contributed by atoms with Crippen LogP contribution in [-0.4, -0.2) is 52.1 Å². The molecular formula is C20H27N5O2. The standard InChI is InChI=1S/C20H27N5O2/c1-15-22-20(23-27-15)17-7-8-18(21-14-17)24-10-12-25(13-11-24)19(26)9-6-16-4-2-3-5-16/h7-8,14,16H,2-6,9-13H2,1H3. The van der Waals surface area contributed by atoms with Crippen molar-refractivity contribution in [3.8, 4) is 11.4 Å². The molecule has 1 saturated heterocycles. The lowest BCUT2D eigenvalue weighted by Crippen LogP contribution is -2.49. The summed E-state index contributed by atoms with van der Waals surface area (Å²) in [6.07, 6.45) is 8.86. The fourth-order valence-corrected chi connectivity index (χ4v) is 4.09. The number of piperazine rings is 1. The van der Waals surface area contributed by atoms with Crippen LogP contribution in [0, 0.1) is 12.8 Å². The third kappa shape index (κ3) is 4.28. The van der Waals surface area contributed by atoms with Crippen LogP contribution in [0.4, 0.5) is 5.82 Å². The van der Waals surface area contributed by atoms with E-state index in [-0.39, 0.29) is 0 Å². The Kier molecular flexibility index (Phi) is 5.36. The molecule has 2 fully saturated rings. The monoisotopic (exact) mass is 369 g/mol. The smallest absolute Gasteiger partial charge is 0.223 e. The Morgan fingerprint density at radius 2 is 1.96 bits per heavy atom. The maximum atomic E-state index is 12.5. The van der Waals surface area contributed by atoms with E-state index in [1.807, 2.05) is 17.0 Å². The molecule has 4 rings (SSSR count). The third-order valence-corrected chi connectivity index (χ3v) is 5.73. The molecule has 1 amide bonds. The van der Waals surface area contributed by atoms with Crippen molar-refractivity contribution in [3.05, 3.63) is 24.2 Å². The largest absolute Gasteiger partial charge is 0.353 e. The molecule has 2 aliphatic rings. The summed E-state index contributed by atoms with van der Waals surface area (Å²) in [5.41, 5.74) is 0.844. The molecule has 0 unspecified atom stereocenters. The predicted molar refractivity (Wildman–Crippen MR) is 102 cm³/mol. The van der Waals surface area contributed by atoms with E-state index in [9.17, 15) is 4.79 Å². The summed E-state index contributed by atoms with van der Waals surface area (Å²) >= 11 is 0. The number of aryl methyl sites for hydroxylation is 1. The van der Waals surface area contributed by atoms with Crippen molar-refractivity contribution in [2.45, 2.75) is 45.4 Å². The van der Waals surface area contributed by atoms with Crippen molar-refractivity contribution >= 4 is 11.7 Å². The number of rotatable bonds is 5. The lowest BCUT2D eigenvalue weighted by molar-refractivity contribution is -0.131. The molecule has 0 spiro atoms. The highest BCUT2D eigenvalue weighted by Crippen LogP contribution is 2.29. The SMILES string of the molecule is Cc1nc(-c2ccc(N3CCN(C(=O)CCC4CCCC4)CC3)nc2)no1. The van der Waals surface area contributed by atoms with Crippen LogP contribution in [0.1, 0.15) is 44.4 Å². The molecule has 2 aromatic rings. The van der Waals surface area contributed by atoms with Crippen LogP contribution in [0.2, 0.25) is 0 Å². The molecule has 27 heavy (non-hydrogen) atoms. The van der Waals surface area contributed by atoms with Gasteiger partial charge in [0, 0.05) is 51.3 Å². The van der Waals surface area contributed by atoms with Gasteiger partial charge in [-0.25, -0.2) is 4.98 Å². The van der Waals surface area contributed by atoms with Gasteiger partial charge >= 0.3 is 0 Å². The van der Waals surface area contributed by atoms with Crippen molar-refractivity contribution in [2.24, 2.45) is 5.92 Å². The normalized spacial score (nSPS) is 18.3. The van der Waals surface area contributed by atoms with Gasteiger partial charge in [0.25, 0.3) is 0 Å². The van der Waals surface area contributed by atoms with Gasteiger partial charge in [-0.3, -0.25) is 4.79 Å². The van der Waals surface area contributed by atoms with E-state index in [4.69, 9.17) is 4.52 Å². The number of nitrogens with zero attached hydrogens (tertiary/aromatic N) is 5. The second-order valence-corrected chi connectivity index (χ2v) is 7.60. The number of carbonyl (C=O) groups is 1. The summed E-state index contributed by atoms with van der Waals surface area (Å²) in [6, 6.07) is 3.95.